The van der Waals surface area contributed by atoms with Crippen molar-refractivity contribution in [1.82, 2.24) is 9.29 Å². The van der Waals surface area contributed by atoms with Crippen molar-refractivity contribution in [3.63, 3.8) is 0 Å². The number of nitrogens with one attached hydrogen (secondary N) is 1. The van der Waals surface area contributed by atoms with E-state index in [1.807, 2.05) is 49.4 Å². The van der Waals surface area contributed by atoms with Crippen LogP contribution in [-0.2, 0) is 30.0 Å². The number of aryl methyl sites for hydroxylation is 2. The van der Waals surface area contributed by atoms with Gasteiger partial charge in [-0.25, -0.2) is 17.9 Å². The molecule has 0 spiro atoms. The van der Waals surface area contributed by atoms with Crippen LogP contribution in [0.3, 0.4) is 0 Å². The topological polar surface area (TPSA) is 102 Å². The average Bonchev–Trinajstić information content (AvgIpc) is 3.37. The van der Waals surface area contributed by atoms with Crippen LogP contribution in [0.1, 0.15) is 27.0 Å². The summed E-state index contributed by atoms with van der Waals surface area (Å²) in [5, 5.41) is 0. The average molecular weight is 478 g/mol. The highest BCUT2D eigenvalue weighted by Gasteiger charge is 2.26. The maximum Gasteiger partial charge on any atom is 0.419 e. The molecule has 8 nitrogen and oxygen atoms in total. The van der Waals surface area contributed by atoms with Gasteiger partial charge in [0.15, 0.2) is 5.58 Å². The summed E-state index contributed by atoms with van der Waals surface area (Å²) in [6, 6.07) is 17.4. The fraction of sp³-hybridized carbons (Fsp3) is 0.200. The van der Waals surface area contributed by atoms with Crippen molar-refractivity contribution >= 4 is 32.7 Å². The molecule has 1 aromatic heterocycles. The SMILES string of the molecule is Cc1ccc(C(=O)N2CCc3ccc(CNS(=O)(=O)c4ccc5c(c4)oc(=O)n5C)cc32)cc1. The Bertz CT molecular complexity index is 1580. The third-order valence-corrected chi connectivity index (χ3v) is 7.53. The summed E-state index contributed by atoms with van der Waals surface area (Å²) in [5.74, 6) is -0.630. The molecule has 0 radical (unpaired) electrons. The van der Waals surface area contributed by atoms with Crippen molar-refractivity contribution in [3.05, 3.63) is 93.5 Å². The van der Waals surface area contributed by atoms with Crippen LogP contribution in [0, 0.1) is 6.92 Å². The number of carbonyl (C=O) groups is 1. The Labute approximate surface area is 196 Å². The molecule has 0 saturated carbocycles. The molecule has 9 heteroatoms. The fourth-order valence-corrected chi connectivity index (χ4v) is 5.17. The third kappa shape index (κ3) is 3.93. The zero-order valence-electron chi connectivity index (χ0n) is 18.7. The second kappa shape index (κ2) is 8.27. The van der Waals surface area contributed by atoms with Gasteiger partial charge in [0.25, 0.3) is 5.91 Å². The van der Waals surface area contributed by atoms with Gasteiger partial charge in [-0.2, -0.15) is 0 Å². The van der Waals surface area contributed by atoms with Crippen LogP contribution >= 0.6 is 0 Å². The standard InChI is InChI=1S/C25H23N3O5S/c1-16-3-6-19(7-4-16)24(29)28-12-11-18-8-5-17(13-22(18)28)15-26-34(31,32)20-9-10-21-23(14-20)33-25(30)27(21)2/h3-10,13-14,26H,11-12,15H2,1-2H3. The van der Waals surface area contributed by atoms with E-state index >= 15 is 0 Å². The maximum absolute atomic E-state index is 13.0. The quantitative estimate of drug-likeness (QED) is 0.476. The zero-order chi connectivity index (χ0) is 24.0. The molecule has 0 unspecified atom stereocenters. The molecule has 5 rings (SSSR count). The van der Waals surface area contributed by atoms with Crippen LogP contribution in [0.5, 0.6) is 0 Å². The number of aromatic nitrogens is 1. The summed E-state index contributed by atoms with van der Waals surface area (Å²) in [6.07, 6.45) is 0.751. The van der Waals surface area contributed by atoms with Crippen molar-refractivity contribution in [2.75, 3.05) is 11.4 Å². The first kappa shape index (κ1) is 22.1. The molecule has 0 fully saturated rings. The maximum atomic E-state index is 13.0. The highest BCUT2D eigenvalue weighted by atomic mass is 32.2. The number of rotatable bonds is 5. The Hall–Kier alpha value is -3.69. The van der Waals surface area contributed by atoms with Crippen molar-refractivity contribution in [2.45, 2.75) is 24.8 Å². The summed E-state index contributed by atoms with van der Waals surface area (Å²) in [4.78, 5) is 26.5. The molecule has 0 bridgehead atoms. The Kier molecular flexibility index (Phi) is 5.38. The monoisotopic (exact) mass is 477 g/mol. The number of sulfonamides is 1. The molecule has 0 saturated heterocycles. The number of carbonyl (C=O) groups excluding carboxylic acids is 1. The van der Waals surface area contributed by atoms with Gasteiger partial charge < -0.3 is 9.32 Å². The lowest BCUT2D eigenvalue weighted by molar-refractivity contribution is 0.0989. The van der Waals surface area contributed by atoms with Crippen molar-refractivity contribution in [2.24, 2.45) is 7.05 Å². The molecule has 1 aliphatic rings. The fourth-order valence-electron chi connectivity index (χ4n) is 4.14. The number of benzene rings is 3. The first-order chi connectivity index (χ1) is 16.2. The molecule has 1 amide bonds. The Morgan fingerprint density at radius 1 is 1.06 bits per heavy atom. The number of hydrogen-bond donors (Lipinski definition) is 1. The minimum Gasteiger partial charge on any atom is -0.408 e. The van der Waals surface area contributed by atoms with Crippen LogP contribution in [0.4, 0.5) is 5.69 Å². The molecule has 4 aromatic rings. The van der Waals surface area contributed by atoms with E-state index < -0.39 is 15.8 Å². The summed E-state index contributed by atoms with van der Waals surface area (Å²) in [7, 11) is -2.29. The first-order valence-electron chi connectivity index (χ1n) is 10.8. The third-order valence-electron chi connectivity index (χ3n) is 6.13. The molecule has 1 N–H and O–H groups in total. The molecule has 34 heavy (non-hydrogen) atoms. The molecular weight excluding hydrogens is 454 g/mol. The van der Waals surface area contributed by atoms with E-state index in [0.717, 1.165) is 28.8 Å². The minimum absolute atomic E-state index is 0.00619. The molecule has 2 heterocycles. The second-order valence-corrected chi connectivity index (χ2v) is 10.2. The summed E-state index contributed by atoms with van der Waals surface area (Å²) in [5.41, 5.74) is 5.01. The van der Waals surface area contributed by atoms with E-state index in [4.69, 9.17) is 4.42 Å². The van der Waals surface area contributed by atoms with E-state index in [1.165, 1.54) is 16.7 Å². The number of hydrogen-bond acceptors (Lipinski definition) is 5. The predicted molar refractivity (Wildman–Crippen MR) is 128 cm³/mol. The largest absolute Gasteiger partial charge is 0.419 e. The number of fused-ring (bicyclic) bond motifs is 2. The van der Waals surface area contributed by atoms with Gasteiger partial charge in [0, 0.05) is 37.5 Å². The zero-order valence-corrected chi connectivity index (χ0v) is 19.6. The van der Waals surface area contributed by atoms with Gasteiger partial charge in [0.05, 0.1) is 10.4 Å². The van der Waals surface area contributed by atoms with Crippen molar-refractivity contribution in [3.8, 4) is 0 Å². The lowest BCUT2D eigenvalue weighted by Gasteiger charge is -2.18. The molecule has 0 aliphatic carbocycles. The number of oxazole rings is 1. The molecular formula is C25H23N3O5S. The number of anilines is 1. The molecule has 174 valence electrons. The van der Waals surface area contributed by atoms with Gasteiger partial charge in [-0.1, -0.05) is 29.8 Å². The van der Waals surface area contributed by atoms with Gasteiger partial charge in [0.2, 0.25) is 10.0 Å². The first-order valence-corrected chi connectivity index (χ1v) is 12.3. The molecule has 0 atom stereocenters. The number of nitrogens with zero attached hydrogens (tertiary/aromatic N) is 2. The highest BCUT2D eigenvalue weighted by Crippen LogP contribution is 2.30. The van der Waals surface area contributed by atoms with E-state index in [0.29, 0.717) is 17.6 Å². The summed E-state index contributed by atoms with van der Waals surface area (Å²) in [6.45, 7) is 2.61. The smallest absolute Gasteiger partial charge is 0.408 e. The Morgan fingerprint density at radius 3 is 2.59 bits per heavy atom. The predicted octanol–water partition coefficient (Wildman–Crippen LogP) is 3.12. The lowest BCUT2D eigenvalue weighted by atomic mass is 10.1. The van der Waals surface area contributed by atoms with Gasteiger partial charge >= 0.3 is 5.76 Å². The molecule has 3 aromatic carbocycles. The van der Waals surface area contributed by atoms with Crippen LogP contribution in [0.25, 0.3) is 11.1 Å². The lowest BCUT2D eigenvalue weighted by Crippen LogP contribution is -2.29. The van der Waals surface area contributed by atoms with Crippen LogP contribution < -0.4 is 15.4 Å². The second-order valence-electron chi connectivity index (χ2n) is 8.42. The van der Waals surface area contributed by atoms with Crippen molar-refractivity contribution in [1.29, 1.82) is 0 Å². The van der Waals surface area contributed by atoms with Gasteiger partial charge in [-0.15, -0.1) is 0 Å². The van der Waals surface area contributed by atoms with E-state index in [9.17, 15) is 18.0 Å². The van der Waals surface area contributed by atoms with Crippen LogP contribution in [0.2, 0.25) is 0 Å². The Balaban J connectivity index is 1.36. The normalized spacial score (nSPS) is 13.4. The minimum atomic E-state index is -3.85. The number of amides is 1. The summed E-state index contributed by atoms with van der Waals surface area (Å²) >= 11 is 0. The Morgan fingerprint density at radius 2 is 1.82 bits per heavy atom. The van der Waals surface area contributed by atoms with E-state index in [2.05, 4.69) is 4.72 Å². The van der Waals surface area contributed by atoms with Crippen LogP contribution in [-0.4, -0.2) is 25.4 Å². The summed E-state index contributed by atoms with van der Waals surface area (Å²) < 4.78 is 34.7. The van der Waals surface area contributed by atoms with Gasteiger partial charge in [-0.3, -0.25) is 9.36 Å². The van der Waals surface area contributed by atoms with E-state index in [-0.39, 0.29) is 22.9 Å². The molecule has 1 aliphatic heterocycles. The van der Waals surface area contributed by atoms with Gasteiger partial charge in [-0.05, 0) is 54.8 Å². The van der Waals surface area contributed by atoms with Crippen molar-refractivity contribution < 1.29 is 17.6 Å². The van der Waals surface area contributed by atoms with E-state index in [1.54, 1.807) is 18.0 Å². The highest BCUT2D eigenvalue weighted by molar-refractivity contribution is 7.89. The van der Waals surface area contributed by atoms with Gasteiger partial charge in [0.1, 0.15) is 0 Å². The van der Waals surface area contributed by atoms with Crippen LogP contribution in [0.15, 0.2) is 74.8 Å².